The predicted molar refractivity (Wildman–Crippen MR) is 110 cm³/mol. The molecule has 6 heteroatoms. The Kier molecular flexibility index (Phi) is 7.91. The molecule has 1 atom stereocenters. The second-order valence-corrected chi connectivity index (χ2v) is 7.65. The third kappa shape index (κ3) is 6.63. The minimum absolute atomic E-state index is 0.322. The number of β-amino-alcohol motifs (C(OH)–C–C–N with tert-alkyl or cyclic N) is 1. The third-order valence-corrected chi connectivity index (χ3v) is 5.21. The summed E-state index contributed by atoms with van der Waals surface area (Å²) in [5.41, 5.74) is 2.35. The lowest BCUT2D eigenvalue weighted by atomic mass is 10.2. The number of ether oxygens (including phenoxy) is 1. The van der Waals surface area contributed by atoms with Crippen LogP contribution in [0.2, 0.25) is 0 Å². The summed E-state index contributed by atoms with van der Waals surface area (Å²) < 4.78 is 11.0. The zero-order chi connectivity index (χ0) is 19.8. The fraction of sp³-hybridized carbons (Fsp3) is 0.545. The molecule has 3 rings (SSSR count). The zero-order valence-corrected chi connectivity index (χ0v) is 17.1. The molecule has 154 valence electrons. The van der Waals surface area contributed by atoms with E-state index in [9.17, 15) is 5.11 Å². The number of likely N-dealkylation sites (N-methyl/N-ethyl adjacent to an activating group) is 1. The van der Waals surface area contributed by atoms with Crippen LogP contribution in [0.25, 0.3) is 0 Å². The molecule has 2 heterocycles. The molecule has 1 aromatic heterocycles. The Morgan fingerprint density at radius 1 is 1.11 bits per heavy atom. The Hall–Kier alpha value is -1.86. The fourth-order valence-electron chi connectivity index (χ4n) is 3.63. The first-order chi connectivity index (χ1) is 13.6. The van der Waals surface area contributed by atoms with Crippen LogP contribution in [0.4, 0.5) is 0 Å². The average molecular weight is 388 g/mol. The van der Waals surface area contributed by atoms with E-state index in [4.69, 9.17) is 9.15 Å². The van der Waals surface area contributed by atoms with Gasteiger partial charge in [-0.3, -0.25) is 9.80 Å². The first-order valence-electron chi connectivity index (χ1n) is 10.2. The smallest absolute Gasteiger partial charge is 0.119 e. The number of nitrogens with zero attached hydrogens (tertiary/aromatic N) is 3. The number of piperazine rings is 1. The number of benzene rings is 1. The molecular formula is C22H33N3O3. The lowest BCUT2D eigenvalue weighted by Crippen LogP contribution is -2.49. The highest BCUT2D eigenvalue weighted by Crippen LogP contribution is 2.16. The van der Waals surface area contributed by atoms with Crippen molar-refractivity contribution in [3.63, 3.8) is 0 Å². The Bertz CT molecular complexity index is 684. The van der Waals surface area contributed by atoms with Crippen LogP contribution in [0.15, 0.2) is 47.3 Å². The van der Waals surface area contributed by atoms with Crippen LogP contribution in [-0.2, 0) is 13.1 Å². The van der Waals surface area contributed by atoms with Crippen molar-refractivity contribution in [1.82, 2.24) is 14.7 Å². The lowest BCUT2D eigenvalue weighted by molar-refractivity contribution is 0.0470. The van der Waals surface area contributed by atoms with E-state index < -0.39 is 6.10 Å². The number of aliphatic hydroxyl groups is 1. The standard InChI is InChI=1S/C22H33N3O3/c1-3-24-8-10-25(11-9-24)16-21(26)18-28-22-6-4-5-19(13-22)14-23(2)15-20-7-12-27-17-20/h4-7,12-13,17,21,26H,3,8-11,14-16,18H2,1-2H3/t21-/m0/s1. The summed E-state index contributed by atoms with van der Waals surface area (Å²) in [6, 6.07) is 10.1. The van der Waals surface area contributed by atoms with E-state index in [1.54, 1.807) is 12.5 Å². The van der Waals surface area contributed by atoms with Gasteiger partial charge in [-0.05, 0) is 37.4 Å². The summed E-state index contributed by atoms with van der Waals surface area (Å²) in [5.74, 6) is 0.809. The molecule has 0 saturated carbocycles. The molecule has 0 radical (unpaired) electrons. The second kappa shape index (κ2) is 10.6. The highest BCUT2D eigenvalue weighted by molar-refractivity contribution is 5.28. The Morgan fingerprint density at radius 3 is 2.57 bits per heavy atom. The maximum Gasteiger partial charge on any atom is 0.119 e. The second-order valence-electron chi connectivity index (χ2n) is 7.65. The maximum atomic E-state index is 10.3. The lowest BCUT2D eigenvalue weighted by Gasteiger charge is -2.34. The van der Waals surface area contributed by atoms with Crippen molar-refractivity contribution >= 4 is 0 Å². The van der Waals surface area contributed by atoms with Crippen molar-refractivity contribution in [3.05, 3.63) is 54.0 Å². The molecule has 0 spiro atoms. The van der Waals surface area contributed by atoms with E-state index in [1.807, 2.05) is 18.2 Å². The molecule has 1 aliphatic heterocycles. The van der Waals surface area contributed by atoms with E-state index in [1.165, 1.54) is 5.56 Å². The molecule has 1 fully saturated rings. The quantitative estimate of drug-likeness (QED) is 0.675. The van der Waals surface area contributed by atoms with Crippen molar-refractivity contribution in [2.45, 2.75) is 26.1 Å². The predicted octanol–water partition coefficient (Wildman–Crippen LogP) is 2.29. The molecule has 1 aliphatic rings. The number of hydrogen-bond donors (Lipinski definition) is 1. The minimum atomic E-state index is -0.472. The van der Waals surface area contributed by atoms with Gasteiger partial charge in [0.2, 0.25) is 0 Å². The van der Waals surface area contributed by atoms with Crippen LogP contribution in [0.5, 0.6) is 5.75 Å². The summed E-state index contributed by atoms with van der Waals surface area (Å²) in [6.45, 7) is 10.2. The number of furan rings is 1. The zero-order valence-electron chi connectivity index (χ0n) is 17.1. The van der Waals surface area contributed by atoms with Gasteiger partial charge in [0.05, 0.1) is 12.5 Å². The van der Waals surface area contributed by atoms with Gasteiger partial charge in [0, 0.05) is 51.4 Å². The molecule has 6 nitrogen and oxygen atoms in total. The minimum Gasteiger partial charge on any atom is -0.491 e. The van der Waals surface area contributed by atoms with Crippen molar-refractivity contribution < 1.29 is 14.3 Å². The van der Waals surface area contributed by atoms with Crippen LogP contribution in [0, 0.1) is 0 Å². The number of aliphatic hydroxyl groups excluding tert-OH is 1. The maximum absolute atomic E-state index is 10.3. The van der Waals surface area contributed by atoms with Gasteiger partial charge in [0.25, 0.3) is 0 Å². The van der Waals surface area contributed by atoms with Crippen LogP contribution in [0.3, 0.4) is 0 Å². The third-order valence-electron chi connectivity index (χ3n) is 5.21. The monoisotopic (exact) mass is 387 g/mol. The van der Waals surface area contributed by atoms with Crippen LogP contribution in [-0.4, -0.2) is 78.8 Å². The Morgan fingerprint density at radius 2 is 1.86 bits per heavy atom. The largest absolute Gasteiger partial charge is 0.491 e. The number of rotatable bonds is 10. The molecule has 0 aliphatic carbocycles. The van der Waals surface area contributed by atoms with Gasteiger partial charge >= 0.3 is 0 Å². The first-order valence-corrected chi connectivity index (χ1v) is 10.2. The van der Waals surface area contributed by atoms with Crippen molar-refractivity contribution in [2.24, 2.45) is 0 Å². The van der Waals surface area contributed by atoms with E-state index in [0.29, 0.717) is 13.2 Å². The summed E-state index contributed by atoms with van der Waals surface area (Å²) in [6.07, 6.45) is 3.01. The highest BCUT2D eigenvalue weighted by atomic mass is 16.5. The van der Waals surface area contributed by atoms with E-state index in [2.05, 4.69) is 40.8 Å². The molecule has 1 aromatic carbocycles. The van der Waals surface area contributed by atoms with Crippen molar-refractivity contribution in [1.29, 1.82) is 0 Å². The fourth-order valence-corrected chi connectivity index (χ4v) is 3.63. The van der Waals surface area contributed by atoms with Crippen LogP contribution < -0.4 is 4.74 Å². The highest BCUT2D eigenvalue weighted by Gasteiger charge is 2.18. The molecular weight excluding hydrogens is 354 g/mol. The topological polar surface area (TPSA) is 52.3 Å². The molecule has 0 unspecified atom stereocenters. The SMILES string of the molecule is CCN1CCN(C[C@H](O)COc2cccc(CN(C)Cc3ccoc3)c2)CC1. The molecule has 0 bridgehead atoms. The normalized spacial score (nSPS) is 17.1. The van der Waals surface area contributed by atoms with Gasteiger partial charge in [0.1, 0.15) is 18.5 Å². The van der Waals surface area contributed by atoms with Crippen molar-refractivity contribution in [2.75, 3.05) is 52.9 Å². The van der Waals surface area contributed by atoms with E-state index >= 15 is 0 Å². The van der Waals surface area contributed by atoms with Gasteiger partial charge in [-0.2, -0.15) is 0 Å². The molecule has 0 amide bonds. The summed E-state index contributed by atoms with van der Waals surface area (Å²) in [5, 5.41) is 10.3. The van der Waals surface area contributed by atoms with Gasteiger partial charge in [-0.25, -0.2) is 0 Å². The van der Waals surface area contributed by atoms with Crippen molar-refractivity contribution in [3.8, 4) is 5.75 Å². The van der Waals surface area contributed by atoms with E-state index in [0.717, 1.165) is 57.1 Å². The summed E-state index contributed by atoms with van der Waals surface area (Å²) in [7, 11) is 2.09. The van der Waals surface area contributed by atoms with Crippen LogP contribution >= 0.6 is 0 Å². The number of hydrogen-bond acceptors (Lipinski definition) is 6. The Balaban J connectivity index is 1.41. The first kappa shape index (κ1) is 20.9. The molecule has 1 saturated heterocycles. The summed E-state index contributed by atoms with van der Waals surface area (Å²) in [4.78, 5) is 6.99. The average Bonchev–Trinajstić information content (AvgIpc) is 3.20. The Labute approximate surface area is 168 Å². The van der Waals surface area contributed by atoms with Crippen LogP contribution in [0.1, 0.15) is 18.1 Å². The molecule has 2 aromatic rings. The van der Waals surface area contributed by atoms with Gasteiger partial charge in [0.15, 0.2) is 0 Å². The van der Waals surface area contributed by atoms with E-state index in [-0.39, 0.29) is 0 Å². The van der Waals surface area contributed by atoms with Gasteiger partial charge in [-0.1, -0.05) is 19.1 Å². The van der Waals surface area contributed by atoms with Gasteiger partial charge in [-0.15, -0.1) is 0 Å². The molecule has 28 heavy (non-hydrogen) atoms. The molecule has 1 N–H and O–H groups in total. The van der Waals surface area contributed by atoms with Gasteiger partial charge < -0.3 is 19.2 Å². The summed E-state index contributed by atoms with van der Waals surface area (Å²) >= 11 is 0.